The van der Waals surface area contributed by atoms with Crippen LogP contribution in [0.15, 0.2) is 65.6 Å². The fourth-order valence-electron chi connectivity index (χ4n) is 2.78. The molecule has 0 aliphatic rings. The van der Waals surface area contributed by atoms with Crippen molar-refractivity contribution < 1.29 is 22.0 Å². The van der Waals surface area contributed by atoms with E-state index < -0.39 is 24.2 Å². The maximum atomic E-state index is 14.2. The lowest BCUT2D eigenvalue weighted by atomic mass is 9.98. The smallest absolute Gasteiger partial charge is 0.246 e. The van der Waals surface area contributed by atoms with Crippen LogP contribution >= 0.6 is 11.8 Å². The molecule has 1 nitrogen and oxygen atoms in total. The number of halogens is 5. The van der Waals surface area contributed by atoms with Gasteiger partial charge in [-0.3, -0.25) is 0 Å². The summed E-state index contributed by atoms with van der Waals surface area (Å²) < 4.78 is 65.4. The van der Waals surface area contributed by atoms with E-state index in [1.54, 1.807) is 29.7 Å². The number of hydrogen-bond donors (Lipinski definition) is 0. The number of nitriles is 1. The van der Waals surface area contributed by atoms with E-state index in [0.717, 1.165) is 12.1 Å². The van der Waals surface area contributed by atoms with Crippen molar-refractivity contribution in [3.63, 3.8) is 0 Å². The quantitative estimate of drug-likeness (QED) is 0.260. The molecule has 0 spiro atoms. The van der Waals surface area contributed by atoms with Gasteiger partial charge in [0.25, 0.3) is 0 Å². The highest BCUT2D eigenvalue weighted by atomic mass is 32.2. The lowest BCUT2D eigenvalue weighted by Crippen LogP contribution is -2.03. The van der Waals surface area contributed by atoms with Crippen LogP contribution in [-0.2, 0) is 12.9 Å². The molecular formula is C21H12F5NS. The van der Waals surface area contributed by atoms with Crippen LogP contribution < -0.4 is 0 Å². The molecule has 0 aliphatic carbocycles. The van der Waals surface area contributed by atoms with Crippen molar-refractivity contribution in [2.75, 3.05) is 0 Å². The molecule has 0 heterocycles. The first kappa shape index (κ1) is 19.9. The minimum absolute atomic E-state index is 0.0323. The molecule has 3 aromatic carbocycles. The number of benzene rings is 3. The van der Waals surface area contributed by atoms with Gasteiger partial charge in [0, 0.05) is 5.56 Å². The molecule has 0 saturated heterocycles. The number of hydrogen-bond acceptors (Lipinski definition) is 2. The molecule has 0 bridgehead atoms. The monoisotopic (exact) mass is 405 g/mol. The van der Waals surface area contributed by atoms with Crippen molar-refractivity contribution in [2.24, 2.45) is 0 Å². The third-order valence-electron chi connectivity index (χ3n) is 4.18. The first-order valence-corrected chi connectivity index (χ1v) is 8.87. The Hall–Kier alpha value is -2.85. The van der Waals surface area contributed by atoms with Gasteiger partial charge in [0.05, 0.1) is 10.5 Å². The number of alkyl halides is 4. The van der Waals surface area contributed by atoms with Crippen LogP contribution in [0.2, 0.25) is 0 Å². The third-order valence-corrected chi connectivity index (χ3v) is 4.93. The second kappa shape index (κ2) is 8.03. The average molecular weight is 405 g/mol. The molecule has 3 rings (SSSR count). The Morgan fingerprint density at radius 2 is 1.32 bits per heavy atom. The van der Waals surface area contributed by atoms with E-state index >= 15 is 0 Å². The zero-order chi connectivity index (χ0) is 20.3. The van der Waals surface area contributed by atoms with Crippen molar-refractivity contribution >= 4 is 11.8 Å². The van der Waals surface area contributed by atoms with Gasteiger partial charge in [-0.15, -0.1) is 0 Å². The van der Waals surface area contributed by atoms with Crippen LogP contribution in [0.25, 0.3) is 22.3 Å². The summed E-state index contributed by atoms with van der Waals surface area (Å²) in [6.45, 7) is -0.904. The molecule has 0 unspecified atom stereocenters. The maximum Gasteiger partial charge on any atom is 0.416 e. The highest BCUT2D eigenvalue weighted by Gasteiger charge is 2.29. The van der Waals surface area contributed by atoms with Crippen molar-refractivity contribution in [2.45, 2.75) is 17.7 Å². The van der Waals surface area contributed by atoms with Crippen molar-refractivity contribution in [3.8, 4) is 27.7 Å². The average Bonchev–Trinajstić information content (AvgIpc) is 2.69. The summed E-state index contributed by atoms with van der Waals surface area (Å²) in [5, 5.41) is 10.4. The van der Waals surface area contributed by atoms with E-state index in [4.69, 9.17) is 5.26 Å². The van der Waals surface area contributed by atoms with Gasteiger partial charge in [-0.05, 0) is 58.3 Å². The normalized spacial score (nSPS) is 11.3. The van der Waals surface area contributed by atoms with Crippen LogP contribution in [0, 0.1) is 16.5 Å². The minimum atomic E-state index is -4.39. The molecule has 28 heavy (non-hydrogen) atoms. The minimum Gasteiger partial charge on any atom is -0.246 e. The molecule has 0 aromatic heterocycles. The lowest BCUT2D eigenvalue weighted by molar-refractivity contribution is -0.137. The molecule has 0 fully saturated rings. The van der Waals surface area contributed by atoms with Gasteiger partial charge in [-0.1, -0.05) is 36.4 Å². The van der Waals surface area contributed by atoms with E-state index in [1.807, 2.05) is 0 Å². The standard InChI is InChI=1S/C21H12F5NS/c22-11-17-9-16(10-19(23)20(17)28-12-27)15-3-1-13(2-4-15)14-5-7-18(8-6-14)21(24,25)26/h1-10H,11H2. The van der Waals surface area contributed by atoms with E-state index in [9.17, 15) is 22.0 Å². The lowest BCUT2D eigenvalue weighted by Gasteiger charge is -2.10. The van der Waals surface area contributed by atoms with Crippen LogP contribution in [0.5, 0.6) is 0 Å². The van der Waals surface area contributed by atoms with Gasteiger partial charge in [0.1, 0.15) is 17.9 Å². The largest absolute Gasteiger partial charge is 0.416 e. The summed E-state index contributed by atoms with van der Waals surface area (Å²) >= 11 is 0.570. The molecule has 0 aliphatic heterocycles. The number of rotatable bonds is 4. The third kappa shape index (κ3) is 4.18. The van der Waals surface area contributed by atoms with E-state index in [1.165, 1.54) is 24.3 Å². The fraction of sp³-hybridized carbons (Fsp3) is 0.0952. The van der Waals surface area contributed by atoms with Crippen LogP contribution in [0.3, 0.4) is 0 Å². The van der Waals surface area contributed by atoms with Gasteiger partial charge in [-0.25, -0.2) is 8.78 Å². The Morgan fingerprint density at radius 1 is 0.821 bits per heavy atom. The molecule has 0 atom stereocenters. The molecule has 3 aromatic rings. The first-order chi connectivity index (χ1) is 13.3. The number of thiocyanates is 1. The second-order valence-corrected chi connectivity index (χ2v) is 6.72. The van der Waals surface area contributed by atoms with Gasteiger partial charge >= 0.3 is 6.18 Å². The zero-order valence-corrected chi connectivity index (χ0v) is 15.0. The topological polar surface area (TPSA) is 23.8 Å². The van der Waals surface area contributed by atoms with E-state index in [0.29, 0.717) is 34.0 Å². The summed E-state index contributed by atoms with van der Waals surface area (Å²) in [6, 6.07) is 14.3. The highest BCUT2D eigenvalue weighted by Crippen LogP contribution is 2.34. The Morgan fingerprint density at radius 3 is 1.79 bits per heavy atom. The van der Waals surface area contributed by atoms with Crippen molar-refractivity contribution in [1.29, 1.82) is 5.26 Å². The molecule has 0 amide bonds. The summed E-state index contributed by atoms with van der Waals surface area (Å²) in [7, 11) is 0. The molecule has 7 heteroatoms. The van der Waals surface area contributed by atoms with Crippen LogP contribution in [0.4, 0.5) is 22.0 Å². The van der Waals surface area contributed by atoms with E-state index in [2.05, 4.69) is 0 Å². The predicted octanol–water partition coefficient (Wildman–Crippen LogP) is 7.22. The summed E-state index contributed by atoms with van der Waals surface area (Å²) in [4.78, 5) is -0.0323. The summed E-state index contributed by atoms with van der Waals surface area (Å²) in [6.07, 6.45) is -4.39. The highest BCUT2D eigenvalue weighted by molar-refractivity contribution is 8.03. The molecule has 0 N–H and O–H groups in total. The Bertz CT molecular complexity index is 1020. The first-order valence-electron chi connectivity index (χ1n) is 8.06. The van der Waals surface area contributed by atoms with Gasteiger partial charge in [0.15, 0.2) is 0 Å². The van der Waals surface area contributed by atoms with Gasteiger partial charge in [-0.2, -0.15) is 18.4 Å². The van der Waals surface area contributed by atoms with Gasteiger partial charge < -0.3 is 0 Å². The number of nitrogens with zero attached hydrogens (tertiary/aromatic N) is 1. The number of thioether (sulfide) groups is 1. The SMILES string of the molecule is N#CSc1c(F)cc(-c2ccc(-c3ccc(C(F)(F)F)cc3)cc2)cc1CF. The summed E-state index contributed by atoms with van der Waals surface area (Å²) in [5.74, 6) is -0.677. The second-order valence-electron chi connectivity index (χ2n) is 5.93. The van der Waals surface area contributed by atoms with Crippen molar-refractivity contribution in [3.05, 3.63) is 77.6 Å². The molecule has 142 valence electrons. The predicted molar refractivity (Wildman–Crippen MR) is 98.6 cm³/mol. The summed E-state index contributed by atoms with van der Waals surface area (Å²) in [5.41, 5.74) is 1.74. The fourth-order valence-corrected chi connectivity index (χ4v) is 3.28. The van der Waals surface area contributed by atoms with Gasteiger partial charge in [0.2, 0.25) is 0 Å². The van der Waals surface area contributed by atoms with Crippen LogP contribution in [-0.4, -0.2) is 0 Å². The maximum absolute atomic E-state index is 14.2. The van der Waals surface area contributed by atoms with Crippen molar-refractivity contribution in [1.82, 2.24) is 0 Å². The van der Waals surface area contributed by atoms with E-state index in [-0.39, 0.29) is 10.5 Å². The molecule has 0 radical (unpaired) electrons. The Labute approximate surface area is 162 Å². The Balaban J connectivity index is 1.91. The zero-order valence-electron chi connectivity index (χ0n) is 14.2. The molecule has 0 saturated carbocycles. The molecular weight excluding hydrogens is 393 g/mol. The van der Waals surface area contributed by atoms with Crippen LogP contribution in [0.1, 0.15) is 11.1 Å². The Kier molecular flexibility index (Phi) is 5.71.